The van der Waals surface area contributed by atoms with Gasteiger partial charge in [0.15, 0.2) is 0 Å². The molecule has 1 aliphatic carbocycles. The summed E-state index contributed by atoms with van der Waals surface area (Å²) in [6.45, 7) is 9.08. The number of carbonyl (C=O) groups excluding carboxylic acids is 2. The topological polar surface area (TPSA) is 67.7 Å². The Labute approximate surface area is 186 Å². The van der Waals surface area contributed by atoms with Crippen LogP contribution in [0.25, 0.3) is 0 Å². The molecule has 2 amide bonds. The van der Waals surface area contributed by atoms with Gasteiger partial charge in [0.1, 0.15) is 0 Å². The van der Waals surface area contributed by atoms with Gasteiger partial charge in [-0.15, -0.1) is 0 Å². The van der Waals surface area contributed by atoms with E-state index in [1.54, 1.807) is 0 Å². The molecule has 172 valence electrons. The molecular formula is C24H38N4O3. The van der Waals surface area contributed by atoms with Crippen LogP contribution in [0.5, 0.6) is 0 Å². The van der Waals surface area contributed by atoms with Crippen molar-refractivity contribution >= 4 is 11.8 Å². The molecule has 0 radical (unpaired) electrons. The van der Waals surface area contributed by atoms with Crippen LogP contribution in [0.3, 0.4) is 0 Å². The number of ether oxygens (including phenoxy) is 1. The maximum absolute atomic E-state index is 13.1. The molecule has 1 saturated carbocycles. The molecule has 7 nitrogen and oxygen atoms in total. The zero-order chi connectivity index (χ0) is 21.8. The first kappa shape index (κ1) is 22.3. The van der Waals surface area contributed by atoms with Crippen molar-refractivity contribution in [3.63, 3.8) is 0 Å². The van der Waals surface area contributed by atoms with E-state index in [2.05, 4.69) is 16.1 Å². The number of amides is 2. The number of aromatic nitrogens is 2. The van der Waals surface area contributed by atoms with Crippen LogP contribution in [-0.4, -0.2) is 70.8 Å². The van der Waals surface area contributed by atoms with Crippen molar-refractivity contribution in [3.8, 4) is 0 Å². The minimum Gasteiger partial charge on any atom is -0.378 e. The molecule has 3 aliphatic rings. The van der Waals surface area contributed by atoms with Crippen molar-refractivity contribution in [2.24, 2.45) is 11.3 Å². The van der Waals surface area contributed by atoms with Gasteiger partial charge in [0.2, 0.25) is 11.8 Å². The third kappa shape index (κ3) is 5.13. The Bertz CT molecular complexity index is 778. The molecule has 1 unspecified atom stereocenters. The van der Waals surface area contributed by atoms with Gasteiger partial charge in [0.05, 0.1) is 18.9 Å². The van der Waals surface area contributed by atoms with Crippen LogP contribution in [0.15, 0.2) is 6.07 Å². The summed E-state index contributed by atoms with van der Waals surface area (Å²) in [7, 11) is 0. The Kier molecular flexibility index (Phi) is 6.99. The van der Waals surface area contributed by atoms with Gasteiger partial charge in [-0.05, 0) is 50.5 Å². The molecule has 1 aromatic heterocycles. The van der Waals surface area contributed by atoms with Crippen molar-refractivity contribution in [1.29, 1.82) is 0 Å². The fraction of sp³-hybridized carbons (Fsp3) is 0.792. The average Bonchev–Trinajstić information content (AvgIpc) is 3.30. The van der Waals surface area contributed by atoms with Crippen molar-refractivity contribution in [2.75, 3.05) is 39.4 Å². The minimum absolute atomic E-state index is 0.220. The molecule has 1 spiro atoms. The van der Waals surface area contributed by atoms with Crippen LogP contribution in [0, 0.1) is 25.2 Å². The largest absolute Gasteiger partial charge is 0.378 e. The number of carbonyl (C=O) groups is 2. The highest BCUT2D eigenvalue weighted by atomic mass is 16.5. The fourth-order valence-corrected chi connectivity index (χ4v) is 5.97. The number of hydrogen-bond donors (Lipinski definition) is 0. The third-order valence-corrected chi connectivity index (χ3v) is 7.73. The van der Waals surface area contributed by atoms with Crippen molar-refractivity contribution in [1.82, 2.24) is 19.6 Å². The number of morpholine rings is 1. The molecule has 2 aliphatic heterocycles. The second kappa shape index (κ2) is 9.72. The standard InChI is InChI=1S/C24H38N4O3/c1-19-16-20(2)28(25-19)11-8-23(30)27-17-21(24(18-27)9-4-3-5-10-24)6-7-22(29)26-12-14-31-15-13-26/h16,21H,3-15,17-18H2,1-2H3. The summed E-state index contributed by atoms with van der Waals surface area (Å²) in [6, 6.07) is 2.05. The Hall–Kier alpha value is -1.89. The monoisotopic (exact) mass is 430 g/mol. The zero-order valence-electron chi connectivity index (χ0n) is 19.3. The van der Waals surface area contributed by atoms with E-state index in [1.807, 2.05) is 23.4 Å². The van der Waals surface area contributed by atoms with Gasteiger partial charge in [-0.25, -0.2) is 0 Å². The van der Waals surface area contributed by atoms with E-state index in [0.717, 1.165) is 30.9 Å². The second-order valence-electron chi connectivity index (χ2n) is 9.83. The summed E-state index contributed by atoms with van der Waals surface area (Å²) >= 11 is 0. The fourth-order valence-electron chi connectivity index (χ4n) is 5.97. The van der Waals surface area contributed by atoms with E-state index in [1.165, 1.54) is 32.1 Å². The smallest absolute Gasteiger partial charge is 0.224 e. The lowest BCUT2D eigenvalue weighted by Gasteiger charge is -2.38. The van der Waals surface area contributed by atoms with E-state index >= 15 is 0 Å². The lowest BCUT2D eigenvalue weighted by Crippen LogP contribution is -2.41. The van der Waals surface area contributed by atoms with Crippen LogP contribution in [-0.2, 0) is 20.9 Å². The maximum Gasteiger partial charge on any atom is 0.224 e. The number of nitrogens with zero attached hydrogens (tertiary/aromatic N) is 4. The molecule has 1 aromatic rings. The normalized spacial score (nSPS) is 23.5. The summed E-state index contributed by atoms with van der Waals surface area (Å²) in [4.78, 5) is 29.9. The summed E-state index contributed by atoms with van der Waals surface area (Å²) in [6.07, 6.45) is 8.20. The molecule has 7 heteroatoms. The van der Waals surface area contributed by atoms with Crippen LogP contribution >= 0.6 is 0 Å². The van der Waals surface area contributed by atoms with Gasteiger partial charge in [0, 0.05) is 51.3 Å². The highest BCUT2D eigenvalue weighted by Crippen LogP contribution is 2.49. The maximum atomic E-state index is 13.1. The highest BCUT2D eigenvalue weighted by Gasteiger charge is 2.47. The summed E-state index contributed by atoms with van der Waals surface area (Å²) in [5.41, 5.74) is 2.32. The Balaban J connectivity index is 1.36. The van der Waals surface area contributed by atoms with Gasteiger partial charge < -0.3 is 14.5 Å². The first-order chi connectivity index (χ1) is 15.0. The number of aryl methyl sites for hydroxylation is 3. The van der Waals surface area contributed by atoms with E-state index in [9.17, 15) is 9.59 Å². The van der Waals surface area contributed by atoms with Crippen molar-refractivity contribution in [2.45, 2.75) is 71.8 Å². The van der Waals surface area contributed by atoms with Gasteiger partial charge in [-0.3, -0.25) is 14.3 Å². The molecule has 3 heterocycles. The summed E-state index contributed by atoms with van der Waals surface area (Å²) in [5, 5.41) is 4.50. The molecule has 0 bridgehead atoms. The second-order valence-corrected chi connectivity index (χ2v) is 9.83. The van der Waals surface area contributed by atoms with Crippen molar-refractivity contribution < 1.29 is 14.3 Å². The number of hydrogen-bond acceptors (Lipinski definition) is 4. The molecule has 1 atom stereocenters. The van der Waals surface area contributed by atoms with Crippen LogP contribution in [0.2, 0.25) is 0 Å². The minimum atomic E-state index is 0.220. The number of likely N-dealkylation sites (tertiary alicyclic amines) is 1. The first-order valence-corrected chi connectivity index (χ1v) is 12.1. The predicted octanol–water partition coefficient (Wildman–Crippen LogP) is 2.94. The lowest BCUT2D eigenvalue weighted by molar-refractivity contribution is -0.135. The van der Waals surface area contributed by atoms with Crippen LogP contribution in [0.4, 0.5) is 0 Å². The van der Waals surface area contributed by atoms with Crippen LogP contribution in [0.1, 0.15) is 62.8 Å². The van der Waals surface area contributed by atoms with Gasteiger partial charge in [-0.1, -0.05) is 19.3 Å². The van der Waals surface area contributed by atoms with E-state index in [0.29, 0.717) is 51.6 Å². The molecule has 3 fully saturated rings. The summed E-state index contributed by atoms with van der Waals surface area (Å²) in [5.74, 6) is 0.929. The van der Waals surface area contributed by atoms with Crippen LogP contribution < -0.4 is 0 Å². The summed E-state index contributed by atoms with van der Waals surface area (Å²) < 4.78 is 7.32. The molecule has 0 N–H and O–H groups in total. The van der Waals surface area contributed by atoms with E-state index < -0.39 is 0 Å². The molecule has 2 saturated heterocycles. The molecule has 31 heavy (non-hydrogen) atoms. The molecule has 4 rings (SSSR count). The average molecular weight is 431 g/mol. The Morgan fingerprint density at radius 1 is 1.06 bits per heavy atom. The Morgan fingerprint density at radius 2 is 1.77 bits per heavy atom. The lowest BCUT2D eigenvalue weighted by atomic mass is 9.66. The zero-order valence-corrected chi connectivity index (χ0v) is 19.3. The highest BCUT2D eigenvalue weighted by molar-refractivity contribution is 5.77. The van der Waals surface area contributed by atoms with Gasteiger partial charge in [0.25, 0.3) is 0 Å². The van der Waals surface area contributed by atoms with Gasteiger partial charge in [-0.2, -0.15) is 5.10 Å². The van der Waals surface area contributed by atoms with E-state index in [4.69, 9.17) is 4.74 Å². The number of rotatable bonds is 6. The molecular weight excluding hydrogens is 392 g/mol. The SMILES string of the molecule is Cc1cc(C)n(CCC(=O)N2CC(CCC(=O)N3CCOCC3)C3(CCCCC3)C2)n1. The van der Waals surface area contributed by atoms with Crippen molar-refractivity contribution in [3.05, 3.63) is 17.5 Å². The van der Waals surface area contributed by atoms with E-state index in [-0.39, 0.29) is 17.2 Å². The quantitative estimate of drug-likeness (QED) is 0.696. The molecule has 0 aromatic carbocycles. The first-order valence-electron chi connectivity index (χ1n) is 12.1. The third-order valence-electron chi connectivity index (χ3n) is 7.73. The predicted molar refractivity (Wildman–Crippen MR) is 119 cm³/mol. The van der Waals surface area contributed by atoms with Gasteiger partial charge >= 0.3 is 0 Å². The Morgan fingerprint density at radius 3 is 2.45 bits per heavy atom.